The number of benzene rings is 1. The largest absolute Gasteiger partial charge is 0.326 e. The van der Waals surface area contributed by atoms with Crippen molar-refractivity contribution in [3.8, 4) is 11.1 Å². The molecule has 0 saturated heterocycles. The van der Waals surface area contributed by atoms with Crippen LogP contribution in [0, 0.1) is 19.8 Å². The molecule has 0 fully saturated rings. The standard InChI is InChI=1S/C19H27N3O2S/c1-12(2)10-17-16(11-20)18(15-8-6-13(3)7-9-15)19(14(4)21-17)22-25(5,23)24/h6-9,12,22H,10-11,20H2,1-5H3. The summed E-state index contributed by atoms with van der Waals surface area (Å²) in [6.07, 6.45) is 1.95. The molecule has 0 aliphatic heterocycles. The number of hydrogen-bond acceptors (Lipinski definition) is 4. The Hall–Kier alpha value is -1.92. The molecular weight excluding hydrogens is 334 g/mol. The molecule has 0 spiro atoms. The molecule has 5 nitrogen and oxygen atoms in total. The average Bonchev–Trinajstić information content (AvgIpc) is 2.49. The van der Waals surface area contributed by atoms with Gasteiger partial charge < -0.3 is 5.73 Å². The van der Waals surface area contributed by atoms with Gasteiger partial charge >= 0.3 is 0 Å². The second-order valence-electron chi connectivity index (χ2n) is 6.91. The zero-order valence-electron chi connectivity index (χ0n) is 15.6. The quantitative estimate of drug-likeness (QED) is 0.826. The van der Waals surface area contributed by atoms with E-state index in [0.29, 0.717) is 23.8 Å². The number of aromatic nitrogens is 1. The van der Waals surface area contributed by atoms with Crippen molar-refractivity contribution in [3.63, 3.8) is 0 Å². The van der Waals surface area contributed by atoms with Crippen LogP contribution in [0.5, 0.6) is 0 Å². The fraction of sp³-hybridized carbons (Fsp3) is 0.421. The van der Waals surface area contributed by atoms with Gasteiger partial charge in [0.1, 0.15) is 0 Å². The van der Waals surface area contributed by atoms with Crippen molar-refractivity contribution in [2.24, 2.45) is 11.7 Å². The summed E-state index contributed by atoms with van der Waals surface area (Å²) in [5.74, 6) is 0.428. The van der Waals surface area contributed by atoms with Crippen molar-refractivity contribution in [1.82, 2.24) is 4.98 Å². The Bertz CT molecular complexity index is 857. The third-order valence-corrected chi connectivity index (χ3v) is 4.57. The summed E-state index contributed by atoms with van der Waals surface area (Å²) in [7, 11) is -3.43. The molecule has 6 heteroatoms. The molecule has 3 N–H and O–H groups in total. The third-order valence-electron chi connectivity index (χ3n) is 4.00. The van der Waals surface area contributed by atoms with Gasteiger partial charge in [-0.3, -0.25) is 9.71 Å². The summed E-state index contributed by atoms with van der Waals surface area (Å²) >= 11 is 0. The Morgan fingerprint density at radius 2 is 1.76 bits per heavy atom. The average molecular weight is 362 g/mol. The van der Waals surface area contributed by atoms with Crippen molar-refractivity contribution >= 4 is 15.7 Å². The van der Waals surface area contributed by atoms with E-state index < -0.39 is 10.0 Å². The molecule has 136 valence electrons. The fourth-order valence-electron chi connectivity index (χ4n) is 2.93. The van der Waals surface area contributed by atoms with E-state index in [1.165, 1.54) is 0 Å². The molecule has 0 atom stereocenters. The molecule has 1 heterocycles. The van der Waals surface area contributed by atoms with E-state index in [2.05, 4.69) is 23.6 Å². The lowest BCUT2D eigenvalue weighted by Crippen LogP contribution is -2.17. The normalized spacial score (nSPS) is 11.8. The first-order valence-electron chi connectivity index (χ1n) is 8.39. The van der Waals surface area contributed by atoms with Crippen molar-refractivity contribution < 1.29 is 8.42 Å². The highest BCUT2D eigenvalue weighted by Crippen LogP contribution is 2.36. The Morgan fingerprint density at radius 3 is 2.24 bits per heavy atom. The summed E-state index contributed by atoms with van der Waals surface area (Å²) in [4.78, 5) is 4.67. The molecule has 0 bridgehead atoms. The lowest BCUT2D eigenvalue weighted by Gasteiger charge is -2.21. The van der Waals surface area contributed by atoms with Crippen LogP contribution in [-0.4, -0.2) is 19.7 Å². The van der Waals surface area contributed by atoms with Crippen LogP contribution in [0.2, 0.25) is 0 Å². The zero-order valence-corrected chi connectivity index (χ0v) is 16.4. The summed E-state index contributed by atoms with van der Waals surface area (Å²) in [5, 5.41) is 0. The molecule has 0 radical (unpaired) electrons. The smallest absolute Gasteiger partial charge is 0.229 e. The van der Waals surface area contributed by atoms with E-state index in [-0.39, 0.29) is 0 Å². The number of rotatable bonds is 6. The zero-order chi connectivity index (χ0) is 18.8. The van der Waals surface area contributed by atoms with Crippen LogP contribution in [0.4, 0.5) is 5.69 Å². The van der Waals surface area contributed by atoms with Gasteiger partial charge in [-0.2, -0.15) is 0 Å². The minimum Gasteiger partial charge on any atom is -0.326 e. The van der Waals surface area contributed by atoms with Crippen molar-refractivity contribution in [2.45, 2.75) is 40.7 Å². The monoisotopic (exact) mass is 361 g/mol. The second kappa shape index (κ2) is 7.54. The number of pyridine rings is 1. The van der Waals surface area contributed by atoms with Crippen LogP contribution in [0.15, 0.2) is 24.3 Å². The van der Waals surface area contributed by atoms with Crippen LogP contribution in [0.1, 0.15) is 36.4 Å². The highest BCUT2D eigenvalue weighted by atomic mass is 32.2. The highest BCUT2D eigenvalue weighted by molar-refractivity contribution is 7.92. The Kier molecular flexibility index (Phi) is 5.85. The summed E-state index contributed by atoms with van der Waals surface area (Å²) < 4.78 is 26.4. The minimum absolute atomic E-state index is 0.303. The Morgan fingerprint density at radius 1 is 1.16 bits per heavy atom. The maximum Gasteiger partial charge on any atom is 0.229 e. The molecule has 25 heavy (non-hydrogen) atoms. The first-order valence-corrected chi connectivity index (χ1v) is 10.3. The Balaban J connectivity index is 2.80. The lowest BCUT2D eigenvalue weighted by molar-refractivity contribution is 0.606. The predicted molar refractivity (Wildman–Crippen MR) is 104 cm³/mol. The van der Waals surface area contributed by atoms with Crippen LogP contribution >= 0.6 is 0 Å². The van der Waals surface area contributed by atoms with Gasteiger partial charge in [0.15, 0.2) is 0 Å². The molecular formula is C19H27N3O2S. The van der Waals surface area contributed by atoms with E-state index >= 15 is 0 Å². The molecule has 0 aliphatic rings. The third kappa shape index (κ3) is 4.80. The van der Waals surface area contributed by atoms with Crippen LogP contribution in [-0.2, 0) is 23.0 Å². The van der Waals surface area contributed by atoms with Gasteiger partial charge in [-0.25, -0.2) is 8.42 Å². The first kappa shape index (κ1) is 19.4. The maximum atomic E-state index is 11.9. The van der Waals surface area contributed by atoms with Gasteiger partial charge in [0.05, 0.1) is 17.6 Å². The van der Waals surface area contributed by atoms with Gasteiger partial charge in [0.25, 0.3) is 0 Å². The van der Waals surface area contributed by atoms with E-state index in [1.807, 2.05) is 38.1 Å². The number of anilines is 1. The van der Waals surface area contributed by atoms with Crippen LogP contribution in [0.25, 0.3) is 11.1 Å². The van der Waals surface area contributed by atoms with Crippen molar-refractivity contribution in [2.75, 3.05) is 11.0 Å². The van der Waals surface area contributed by atoms with E-state index in [9.17, 15) is 8.42 Å². The molecule has 2 aromatic rings. The summed E-state index contributed by atoms with van der Waals surface area (Å²) in [6.45, 7) is 8.41. The topological polar surface area (TPSA) is 85.1 Å². The molecule has 0 unspecified atom stereocenters. The number of nitrogens with one attached hydrogen (secondary N) is 1. The minimum atomic E-state index is -3.43. The van der Waals surface area contributed by atoms with Gasteiger partial charge in [-0.1, -0.05) is 43.7 Å². The molecule has 0 saturated carbocycles. The van der Waals surface area contributed by atoms with Crippen LogP contribution < -0.4 is 10.5 Å². The van der Waals surface area contributed by atoms with Gasteiger partial charge in [-0.05, 0) is 37.3 Å². The van der Waals surface area contributed by atoms with Gasteiger partial charge in [0.2, 0.25) is 10.0 Å². The number of sulfonamides is 1. The predicted octanol–water partition coefficient (Wildman–Crippen LogP) is 3.39. The number of nitrogens with two attached hydrogens (primary N) is 1. The molecule has 0 amide bonds. The SMILES string of the molecule is Cc1ccc(-c2c(CN)c(CC(C)C)nc(C)c2NS(C)(=O)=O)cc1. The van der Waals surface area contributed by atoms with E-state index in [1.54, 1.807) is 0 Å². The molecule has 2 rings (SSSR count). The van der Waals surface area contributed by atoms with E-state index in [0.717, 1.165) is 40.6 Å². The first-order chi connectivity index (χ1) is 11.6. The number of aryl methyl sites for hydroxylation is 2. The summed E-state index contributed by atoms with van der Waals surface area (Å²) in [5.41, 5.74) is 12.0. The molecule has 1 aromatic carbocycles. The number of nitrogens with zero attached hydrogens (tertiary/aromatic N) is 1. The van der Waals surface area contributed by atoms with Gasteiger partial charge in [0, 0.05) is 17.8 Å². The second-order valence-corrected chi connectivity index (χ2v) is 8.66. The van der Waals surface area contributed by atoms with E-state index in [4.69, 9.17) is 5.73 Å². The Labute approximate surface area is 150 Å². The van der Waals surface area contributed by atoms with Crippen LogP contribution in [0.3, 0.4) is 0 Å². The van der Waals surface area contributed by atoms with Crippen molar-refractivity contribution in [3.05, 3.63) is 46.8 Å². The van der Waals surface area contributed by atoms with Crippen molar-refractivity contribution in [1.29, 1.82) is 0 Å². The lowest BCUT2D eigenvalue weighted by atomic mass is 9.92. The fourth-order valence-corrected chi connectivity index (χ4v) is 3.55. The number of hydrogen-bond donors (Lipinski definition) is 2. The maximum absolute atomic E-state index is 11.9. The molecule has 0 aliphatic carbocycles. The molecule has 1 aromatic heterocycles. The van der Waals surface area contributed by atoms with Gasteiger partial charge in [-0.15, -0.1) is 0 Å². The highest BCUT2D eigenvalue weighted by Gasteiger charge is 2.21. The summed E-state index contributed by atoms with van der Waals surface area (Å²) in [6, 6.07) is 8.02.